The fourth-order valence-corrected chi connectivity index (χ4v) is 13.1. The van der Waals surface area contributed by atoms with E-state index in [9.17, 15) is 43.2 Å². The Hall–Kier alpha value is -1.94. The summed E-state index contributed by atoms with van der Waals surface area (Å²) in [7, 11) is -9.90. The molecule has 3 N–H and O–H groups in total. The van der Waals surface area contributed by atoms with Crippen LogP contribution in [-0.2, 0) is 65.4 Å². The highest BCUT2D eigenvalue weighted by molar-refractivity contribution is 7.47. The van der Waals surface area contributed by atoms with Crippen LogP contribution in [0, 0.1) is 17.8 Å². The Morgan fingerprint density at radius 3 is 0.800 bits per heavy atom. The van der Waals surface area contributed by atoms with Gasteiger partial charge in [-0.3, -0.25) is 37.3 Å². The summed E-state index contributed by atoms with van der Waals surface area (Å²) in [6, 6.07) is 0. The topological polar surface area (TPSA) is 237 Å². The van der Waals surface area contributed by atoms with Gasteiger partial charge in [0.1, 0.15) is 19.3 Å². The van der Waals surface area contributed by atoms with Gasteiger partial charge in [-0.25, -0.2) is 9.13 Å². The monoisotopic (exact) mass is 1400 g/mol. The van der Waals surface area contributed by atoms with Crippen LogP contribution in [0.5, 0.6) is 0 Å². The van der Waals surface area contributed by atoms with Gasteiger partial charge < -0.3 is 33.8 Å². The zero-order valence-electron chi connectivity index (χ0n) is 62.1. The van der Waals surface area contributed by atoms with E-state index in [1.807, 2.05) is 0 Å². The van der Waals surface area contributed by atoms with Crippen LogP contribution in [0.25, 0.3) is 0 Å². The van der Waals surface area contributed by atoms with Crippen LogP contribution in [0.4, 0.5) is 0 Å². The smallest absolute Gasteiger partial charge is 0.462 e. The van der Waals surface area contributed by atoms with Crippen LogP contribution in [-0.4, -0.2) is 96.7 Å². The molecule has 0 aliphatic rings. The molecule has 0 aliphatic heterocycles. The first-order chi connectivity index (χ1) is 45.8. The molecule has 0 spiro atoms. The van der Waals surface area contributed by atoms with Gasteiger partial charge in [0.15, 0.2) is 12.2 Å². The molecule has 0 saturated carbocycles. The fraction of sp³-hybridized carbons (Fsp3) is 0.947. The molecule has 0 aromatic heterocycles. The van der Waals surface area contributed by atoms with Gasteiger partial charge in [0, 0.05) is 25.7 Å². The van der Waals surface area contributed by atoms with Crippen LogP contribution >= 0.6 is 15.6 Å². The number of carbonyl (C=O) groups is 4. The molecule has 0 aromatic carbocycles. The van der Waals surface area contributed by atoms with Crippen LogP contribution in [0.15, 0.2) is 0 Å². The van der Waals surface area contributed by atoms with Gasteiger partial charge in [0.25, 0.3) is 0 Å². The van der Waals surface area contributed by atoms with Crippen LogP contribution in [0.3, 0.4) is 0 Å². The highest BCUT2D eigenvalue weighted by atomic mass is 31.2. The summed E-state index contributed by atoms with van der Waals surface area (Å²) in [5.41, 5.74) is 0. The predicted molar refractivity (Wildman–Crippen MR) is 386 cm³/mol. The number of unbranched alkanes of at least 4 members (excludes halogenated alkanes) is 40. The lowest BCUT2D eigenvalue weighted by atomic mass is 9.99. The molecule has 0 amide bonds. The number of phosphoric acid groups is 2. The summed E-state index contributed by atoms with van der Waals surface area (Å²) in [5.74, 6) is 0.256. The van der Waals surface area contributed by atoms with Crippen molar-refractivity contribution in [2.45, 2.75) is 407 Å². The van der Waals surface area contributed by atoms with E-state index in [1.165, 1.54) is 186 Å². The Labute approximate surface area is 581 Å². The van der Waals surface area contributed by atoms with Gasteiger partial charge in [0.2, 0.25) is 0 Å². The van der Waals surface area contributed by atoms with Crippen molar-refractivity contribution in [3.8, 4) is 0 Å². The number of hydrogen-bond acceptors (Lipinski definition) is 15. The molecule has 4 unspecified atom stereocenters. The van der Waals surface area contributed by atoms with Crippen molar-refractivity contribution in [3.05, 3.63) is 0 Å². The highest BCUT2D eigenvalue weighted by Crippen LogP contribution is 2.45. The number of aliphatic hydroxyl groups is 1. The minimum atomic E-state index is -4.96. The second-order valence-electron chi connectivity index (χ2n) is 28.4. The Kier molecular flexibility index (Phi) is 65.2. The number of esters is 4. The van der Waals surface area contributed by atoms with Crippen molar-refractivity contribution in [2.24, 2.45) is 17.8 Å². The summed E-state index contributed by atoms with van der Waals surface area (Å²) in [6.07, 6.45) is 53.0. The van der Waals surface area contributed by atoms with Gasteiger partial charge in [-0.15, -0.1) is 0 Å². The van der Waals surface area contributed by atoms with E-state index >= 15 is 0 Å². The quantitative estimate of drug-likeness (QED) is 0.0222. The van der Waals surface area contributed by atoms with Crippen molar-refractivity contribution in [3.63, 3.8) is 0 Å². The molecule has 0 rings (SSSR count). The normalized spacial score (nSPS) is 14.6. The van der Waals surface area contributed by atoms with Crippen molar-refractivity contribution >= 4 is 39.5 Å². The third-order valence-corrected chi connectivity index (χ3v) is 20.3. The van der Waals surface area contributed by atoms with Gasteiger partial charge in [0.05, 0.1) is 26.4 Å². The molecule has 0 saturated heterocycles. The summed E-state index contributed by atoms with van der Waals surface area (Å²) >= 11 is 0. The first-order valence-electron chi connectivity index (χ1n) is 39.4. The molecule has 0 radical (unpaired) electrons. The largest absolute Gasteiger partial charge is 0.472 e. The van der Waals surface area contributed by atoms with E-state index < -0.39 is 97.5 Å². The number of phosphoric ester groups is 2. The van der Waals surface area contributed by atoms with E-state index in [-0.39, 0.29) is 25.7 Å². The number of ether oxygens (including phenoxy) is 4. The molecule has 564 valence electrons. The van der Waals surface area contributed by atoms with Gasteiger partial charge in [-0.1, -0.05) is 337 Å². The SMILES string of the molecule is CCCCCCCCCC(=O)OC[C@H](COP(=O)(O)OC[C@H](O)COP(=O)(O)OC[C@@H](COC(=O)CCCCCCCCCCCCCCCC(C)C)OC(=O)CCCCCCCCCCCCCCCCCCCCC(C)CC)OC(=O)CCCCCCCCC(C)CC. The zero-order chi connectivity index (χ0) is 70.1. The second-order valence-corrected chi connectivity index (χ2v) is 31.3. The number of rotatable bonds is 74. The number of aliphatic hydroxyl groups excluding tert-OH is 1. The van der Waals surface area contributed by atoms with Crippen LogP contribution in [0.1, 0.15) is 389 Å². The fourth-order valence-electron chi connectivity index (χ4n) is 11.5. The van der Waals surface area contributed by atoms with Gasteiger partial charge in [-0.2, -0.15) is 0 Å². The maximum Gasteiger partial charge on any atom is 0.472 e. The van der Waals surface area contributed by atoms with Gasteiger partial charge in [-0.05, 0) is 43.4 Å². The van der Waals surface area contributed by atoms with Crippen molar-refractivity contribution in [2.75, 3.05) is 39.6 Å². The first-order valence-corrected chi connectivity index (χ1v) is 42.4. The Morgan fingerprint density at radius 1 is 0.305 bits per heavy atom. The third-order valence-electron chi connectivity index (χ3n) is 18.4. The van der Waals surface area contributed by atoms with E-state index in [0.29, 0.717) is 25.7 Å². The molecule has 19 heteroatoms. The Bertz CT molecular complexity index is 1860. The lowest BCUT2D eigenvalue weighted by Gasteiger charge is -2.21. The van der Waals surface area contributed by atoms with Crippen molar-refractivity contribution in [1.29, 1.82) is 0 Å². The maximum absolute atomic E-state index is 13.1. The molecular formula is C76H148O17P2. The third kappa shape index (κ3) is 67.6. The van der Waals surface area contributed by atoms with E-state index in [4.69, 9.17) is 37.0 Å². The molecule has 0 fully saturated rings. The molecule has 17 nitrogen and oxygen atoms in total. The molecule has 0 aromatic rings. The molecule has 0 bridgehead atoms. The lowest BCUT2D eigenvalue weighted by Crippen LogP contribution is -2.30. The summed E-state index contributed by atoms with van der Waals surface area (Å²) < 4.78 is 68.3. The molecule has 0 heterocycles. The molecule has 0 aliphatic carbocycles. The minimum Gasteiger partial charge on any atom is -0.462 e. The van der Waals surface area contributed by atoms with Crippen LogP contribution < -0.4 is 0 Å². The molecule has 95 heavy (non-hydrogen) atoms. The average Bonchev–Trinajstić information content (AvgIpc) is 3.72. The zero-order valence-corrected chi connectivity index (χ0v) is 63.9. The highest BCUT2D eigenvalue weighted by Gasteiger charge is 2.30. The second kappa shape index (κ2) is 66.6. The molecular weight excluding hydrogens is 1250 g/mol. The van der Waals surface area contributed by atoms with E-state index in [1.54, 1.807) is 0 Å². The first kappa shape index (κ1) is 93.1. The van der Waals surface area contributed by atoms with Crippen molar-refractivity contribution in [1.82, 2.24) is 0 Å². The van der Waals surface area contributed by atoms with Crippen molar-refractivity contribution < 1.29 is 80.2 Å². The summed E-state index contributed by atoms with van der Waals surface area (Å²) in [4.78, 5) is 72.6. The predicted octanol–water partition coefficient (Wildman–Crippen LogP) is 22.2. The maximum atomic E-state index is 13.1. The van der Waals surface area contributed by atoms with E-state index in [2.05, 4.69) is 48.5 Å². The summed E-state index contributed by atoms with van der Waals surface area (Å²) in [6.45, 7) is 11.9. The Morgan fingerprint density at radius 2 is 0.537 bits per heavy atom. The molecule has 7 atom stereocenters. The lowest BCUT2D eigenvalue weighted by molar-refractivity contribution is -0.161. The van der Waals surface area contributed by atoms with Gasteiger partial charge >= 0.3 is 39.5 Å². The Balaban J connectivity index is 5.15. The summed E-state index contributed by atoms with van der Waals surface area (Å²) in [5, 5.41) is 10.6. The average molecular weight is 1400 g/mol. The minimum absolute atomic E-state index is 0.103. The number of hydrogen-bond donors (Lipinski definition) is 3. The number of carbonyl (C=O) groups excluding carboxylic acids is 4. The van der Waals surface area contributed by atoms with Crippen LogP contribution in [0.2, 0.25) is 0 Å². The standard InChI is InChI=1S/C76H148O17P2/c1-8-11-12-13-33-43-50-57-73(78)86-63-72(93-76(81)60-53-46-39-38-42-49-56-69(7)10-3)66-91-95(84,85)89-62-70(77)61-88-94(82,83)90-65-71(64-87-74(79)58-51-44-36-31-27-24-20-21-25-29-34-40-47-54-67(4)5)92-75(80)59-52-45-37-32-28-23-19-17-15-14-16-18-22-26-30-35-41-48-55-68(6)9-2/h67-72,77H,8-66H2,1-7H3,(H,82,83)(H,84,85)/t68?,69?,70-,71-,72-/m1/s1. The van der Waals surface area contributed by atoms with E-state index in [0.717, 1.165) is 120 Å².